The number of rotatable bonds is 2. The molecule has 0 saturated heterocycles. The highest BCUT2D eigenvalue weighted by Crippen LogP contribution is 2.31. The first-order valence-electron chi connectivity index (χ1n) is 4.75. The third-order valence-corrected chi connectivity index (χ3v) is 2.71. The van der Waals surface area contributed by atoms with E-state index in [0.717, 1.165) is 4.47 Å². The van der Waals surface area contributed by atoms with Gasteiger partial charge in [-0.2, -0.15) is 5.26 Å². The first-order chi connectivity index (χ1) is 6.95. The van der Waals surface area contributed by atoms with Gasteiger partial charge in [0.1, 0.15) is 11.8 Å². The molecule has 0 amide bonds. The second kappa shape index (κ2) is 4.67. The minimum atomic E-state index is 0.0768. The largest absolute Gasteiger partial charge is 0.478 e. The summed E-state index contributed by atoms with van der Waals surface area (Å²) in [6.45, 7) is 6.55. The molecule has 0 aliphatic carbocycles. The fraction of sp³-hybridized carbons (Fsp3) is 0.417. The van der Waals surface area contributed by atoms with Crippen molar-refractivity contribution in [2.45, 2.75) is 26.2 Å². The van der Waals surface area contributed by atoms with Crippen LogP contribution in [0.5, 0.6) is 5.75 Å². The van der Waals surface area contributed by atoms with Gasteiger partial charge in [0.25, 0.3) is 0 Å². The highest BCUT2D eigenvalue weighted by atomic mass is 79.9. The van der Waals surface area contributed by atoms with E-state index in [1.165, 1.54) is 5.56 Å². The molecule has 0 aromatic heterocycles. The van der Waals surface area contributed by atoms with Gasteiger partial charge in [-0.05, 0) is 39.0 Å². The van der Waals surface area contributed by atoms with Gasteiger partial charge in [-0.3, -0.25) is 0 Å². The highest BCUT2D eigenvalue weighted by Gasteiger charge is 2.15. The van der Waals surface area contributed by atoms with Gasteiger partial charge < -0.3 is 4.74 Å². The lowest BCUT2D eigenvalue weighted by Gasteiger charge is -2.19. The molecule has 0 N–H and O–H groups in total. The number of hydrogen-bond donors (Lipinski definition) is 0. The molecule has 0 heterocycles. The predicted molar refractivity (Wildman–Crippen MR) is 64.0 cm³/mol. The van der Waals surface area contributed by atoms with E-state index in [0.29, 0.717) is 5.75 Å². The van der Waals surface area contributed by atoms with Crippen molar-refractivity contribution in [1.82, 2.24) is 0 Å². The van der Waals surface area contributed by atoms with E-state index in [2.05, 4.69) is 36.7 Å². The Morgan fingerprint density at radius 1 is 1.40 bits per heavy atom. The zero-order valence-corrected chi connectivity index (χ0v) is 10.8. The Labute approximate surface area is 99.0 Å². The molecule has 0 bridgehead atoms. The van der Waals surface area contributed by atoms with Crippen molar-refractivity contribution < 1.29 is 4.74 Å². The van der Waals surface area contributed by atoms with E-state index < -0.39 is 0 Å². The van der Waals surface area contributed by atoms with E-state index in [1.54, 1.807) is 0 Å². The van der Waals surface area contributed by atoms with Crippen LogP contribution in [-0.4, -0.2) is 6.61 Å². The van der Waals surface area contributed by atoms with Crippen molar-refractivity contribution in [3.05, 3.63) is 28.2 Å². The number of halogens is 1. The van der Waals surface area contributed by atoms with Crippen LogP contribution in [0.3, 0.4) is 0 Å². The van der Waals surface area contributed by atoms with Crippen LogP contribution in [0.2, 0.25) is 0 Å². The molecule has 0 aliphatic rings. The summed E-state index contributed by atoms with van der Waals surface area (Å²) in [5.41, 5.74) is 1.36. The SMILES string of the molecule is CC(C)(C)c1ccc(OCC#N)c(Br)c1. The van der Waals surface area contributed by atoms with E-state index in [-0.39, 0.29) is 12.0 Å². The molecule has 3 heteroatoms. The van der Waals surface area contributed by atoms with Gasteiger partial charge in [-0.25, -0.2) is 0 Å². The molecule has 80 valence electrons. The standard InChI is InChI=1S/C12H14BrNO/c1-12(2,3)9-4-5-11(10(13)8-9)15-7-6-14/h4-5,8H,7H2,1-3H3. The third kappa shape index (κ3) is 3.24. The first-order valence-corrected chi connectivity index (χ1v) is 5.54. The summed E-state index contributed by atoms with van der Waals surface area (Å²) in [5, 5.41) is 8.41. The number of benzene rings is 1. The Kier molecular flexibility index (Phi) is 3.76. The van der Waals surface area contributed by atoms with Crippen molar-refractivity contribution in [1.29, 1.82) is 5.26 Å². The Morgan fingerprint density at radius 3 is 2.53 bits per heavy atom. The fourth-order valence-electron chi connectivity index (χ4n) is 1.19. The lowest BCUT2D eigenvalue weighted by atomic mass is 9.87. The van der Waals surface area contributed by atoms with Crippen LogP contribution < -0.4 is 4.74 Å². The molecule has 0 atom stereocenters. The van der Waals surface area contributed by atoms with E-state index in [9.17, 15) is 0 Å². The minimum Gasteiger partial charge on any atom is -0.478 e. The number of nitrogens with zero attached hydrogens (tertiary/aromatic N) is 1. The van der Waals surface area contributed by atoms with Crippen LogP contribution in [-0.2, 0) is 5.41 Å². The maximum Gasteiger partial charge on any atom is 0.174 e. The molecule has 1 aromatic rings. The number of ether oxygens (including phenoxy) is 1. The van der Waals surface area contributed by atoms with Crippen molar-refractivity contribution in [3.8, 4) is 11.8 Å². The van der Waals surface area contributed by atoms with Crippen molar-refractivity contribution in [2.24, 2.45) is 0 Å². The number of nitriles is 1. The average Bonchev–Trinajstić information content (AvgIpc) is 2.14. The zero-order valence-electron chi connectivity index (χ0n) is 9.17. The Hall–Kier alpha value is -1.01. The predicted octanol–water partition coefficient (Wildman–Crippen LogP) is 3.65. The maximum absolute atomic E-state index is 8.41. The molecule has 1 aromatic carbocycles. The average molecular weight is 268 g/mol. The summed E-state index contributed by atoms with van der Waals surface area (Å²) in [6.07, 6.45) is 0. The van der Waals surface area contributed by atoms with Gasteiger partial charge in [-0.1, -0.05) is 26.8 Å². The molecule has 0 aliphatic heterocycles. The molecule has 0 radical (unpaired) electrons. The fourth-order valence-corrected chi connectivity index (χ4v) is 1.69. The van der Waals surface area contributed by atoms with Crippen molar-refractivity contribution in [3.63, 3.8) is 0 Å². The van der Waals surface area contributed by atoms with Crippen LogP contribution in [0.4, 0.5) is 0 Å². The number of hydrogen-bond acceptors (Lipinski definition) is 2. The molecular weight excluding hydrogens is 254 g/mol. The smallest absolute Gasteiger partial charge is 0.174 e. The molecular formula is C12H14BrNO. The van der Waals surface area contributed by atoms with E-state index in [1.807, 2.05) is 24.3 Å². The van der Waals surface area contributed by atoms with Crippen LogP contribution in [0.15, 0.2) is 22.7 Å². The van der Waals surface area contributed by atoms with Gasteiger partial charge >= 0.3 is 0 Å². The van der Waals surface area contributed by atoms with Gasteiger partial charge in [0.05, 0.1) is 4.47 Å². The van der Waals surface area contributed by atoms with Crippen LogP contribution in [0.25, 0.3) is 0 Å². The van der Waals surface area contributed by atoms with Gasteiger partial charge in [0, 0.05) is 0 Å². The highest BCUT2D eigenvalue weighted by molar-refractivity contribution is 9.10. The van der Waals surface area contributed by atoms with E-state index in [4.69, 9.17) is 10.00 Å². The summed E-state index contributed by atoms with van der Waals surface area (Å²) in [4.78, 5) is 0. The maximum atomic E-state index is 8.41. The molecule has 15 heavy (non-hydrogen) atoms. The normalized spacial score (nSPS) is 10.9. The van der Waals surface area contributed by atoms with Crippen LogP contribution in [0, 0.1) is 11.3 Å². The topological polar surface area (TPSA) is 33.0 Å². The second-order valence-corrected chi connectivity index (χ2v) is 5.20. The molecule has 0 spiro atoms. The van der Waals surface area contributed by atoms with Crippen LogP contribution in [0.1, 0.15) is 26.3 Å². The lowest BCUT2D eigenvalue weighted by molar-refractivity contribution is 0.365. The molecule has 0 saturated carbocycles. The molecule has 1 rings (SSSR count). The molecule has 0 unspecified atom stereocenters. The monoisotopic (exact) mass is 267 g/mol. The Balaban J connectivity index is 2.94. The van der Waals surface area contributed by atoms with Crippen molar-refractivity contribution in [2.75, 3.05) is 6.61 Å². The molecule has 0 fully saturated rings. The van der Waals surface area contributed by atoms with Gasteiger partial charge in [0.15, 0.2) is 6.61 Å². The summed E-state index contributed by atoms with van der Waals surface area (Å²) < 4.78 is 6.14. The quantitative estimate of drug-likeness (QED) is 0.820. The van der Waals surface area contributed by atoms with Gasteiger partial charge in [-0.15, -0.1) is 0 Å². The lowest BCUT2D eigenvalue weighted by Crippen LogP contribution is -2.11. The van der Waals surface area contributed by atoms with Gasteiger partial charge in [0.2, 0.25) is 0 Å². The van der Waals surface area contributed by atoms with Crippen molar-refractivity contribution >= 4 is 15.9 Å². The summed E-state index contributed by atoms with van der Waals surface area (Å²) in [6, 6.07) is 7.90. The summed E-state index contributed by atoms with van der Waals surface area (Å²) >= 11 is 3.44. The summed E-state index contributed by atoms with van der Waals surface area (Å²) in [5.74, 6) is 0.713. The Bertz CT molecular complexity index is 388. The Morgan fingerprint density at radius 2 is 2.07 bits per heavy atom. The van der Waals surface area contributed by atoms with E-state index >= 15 is 0 Å². The zero-order chi connectivity index (χ0) is 11.5. The first kappa shape index (κ1) is 12.1. The second-order valence-electron chi connectivity index (χ2n) is 4.34. The molecule has 2 nitrogen and oxygen atoms in total. The minimum absolute atomic E-state index is 0.0768. The third-order valence-electron chi connectivity index (χ3n) is 2.09. The summed E-state index contributed by atoms with van der Waals surface area (Å²) in [7, 11) is 0. The van der Waals surface area contributed by atoms with Crippen LogP contribution >= 0.6 is 15.9 Å².